The lowest BCUT2D eigenvalue weighted by Crippen LogP contribution is -2.22. The van der Waals surface area contributed by atoms with Crippen LogP contribution in [0.3, 0.4) is 0 Å². The lowest BCUT2D eigenvalue weighted by molar-refractivity contribution is 0.567. The molecule has 0 bridgehead atoms. The van der Waals surface area contributed by atoms with Crippen molar-refractivity contribution >= 4 is 6.08 Å². The van der Waals surface area contributed by atoms with E-state index < -0.39 is 0 Å². The smallest absolute Gasteiger partial charge is 0.268 e. The van der Waals surface area contributed by atoms with Crippen molar-refractivity contribution in [3.63, 3.8) is 0 Å². The lowest BCUT2D eigenvalue weighted by Gasteiger charge is -2.13. The van der Waals surface area contributed by atoms with Gasteiger partial charge >= 0.3 is 0 Å². The van der Waals surface area contributed by atoms with Gasteiger partial charge in [-0.2, -0.15) is 5.26 Å². The highest BCUT2D eigenvalue weighted by atomic mass is 16.1. The summed E-state index contributed by atoms with van der Waals surface area (Å²) in [7, 11) is 5.49. The molecule has 0 spiro atoms. The van der Waals surface area contributed by atoms with E-state index >= 15 is 0 Å². The van der Waals surface area contributed by atoms with Gasteiger partial charge in [-0.3, -0.25) is 9.78 Å². The molecule has 0 aliphatic carbocycles. The summed E-state index contributed by atoms with van der Waals surface area (Å²) >= 11 is 0. The van der Waals surface area contributed by atoms with Crippen LogP contribution in [0.5, 0.6) is 0 Å². The molecule has 0 amide bonds. The van der Waals surface area contributed by atoms with Gasteiger partial charge in [-0.1, -0.05) is 0 Å². The Hall–Kier alpha value is -2.87. The third-order valence-corrected chi connectivity index (χ3v) is 3.30. The first-order valence-corrected chi connectivity index (χ1v) is 6.85. The van der Waals surface area contributed by atoms with E-state index in [1.807, 2.05) is 50.3 Å². The van der Waals surface area contributed by atoms with Crippen molar-refractivity contribution < 1.29 is 0 Å². The SMILES string of the molecule is Cc1cncc(-c2cc(C#N)c(=O)n(C)c2C=CN(C)C)c1. The minimum absolute atomic E-state index is 0.126. The first-order valence-electron chi connectivity index (χ1n) is 6.85. The Balaban J connectivity index is 2.78. The van der Waals surface area contributed by atoms with Crippen LogP contribution in [0.25, 0.3) is 17.2 Å². The number of hydrogen-bond donors (Lipinski definition) is 0. The fraction of sp³-hybridized carbons (Fsp3) is 0.235. The van der Waals surface area contributed by atoms with Crippen molar-refractivity contribution in [1.29, 1.82) is 5.26 Å². The molecule has 0 saturated heterocycles. The molecule has 0 fully saturated rings. The fourth-order valence-corrected chi connectivity index (χ4v) is 2.19. The molecular formula is C17H18N4O. The summed E-state index contributed by atoms with van der Waals surface area (Å²) in [4.78, 5) is 18.3. The minimum Gasteiger partial charge on any atom is -0.383 e. The molecule has 0 aromatic carbocycles. The highest BCUT2D eigenvalue weighted by Crippen LogP contribution is 2.24. The largest absolute Gasteiger partial charge is 0.383 e. The second-order valence-corrected chi connectivity index (χ2v) is 5.36. The van der Waals surface area contributed by atoms with E-state index in [1.54, 1.807) is 25.5 Å². The number of pyridine rings is 2. The Morgan fingerprint density at radius 1 is 1.32 bits per heavy atom. The molecule has 0 aliphatic rings. The van der Waals surface area contributed by atoms with Gasteiger partial charge in [0.25, 0.3) is 5.56 Å². The van der Waals surface area contributed by atoms with Crippen LogP contribution in [-0.4, -0.2) is 28.5 Å². The standard InChI is InChI=1S/C17H18N4O/c1-12-7-14(11-19-10-12)15-8-13(9-18)17(22)21(4)16(15)5-6-20(2)3/h5-8,10-11H,1-4H3. The maximum atomic E-state index is 12.2. The van der Waals surface area contributed by atoms with Crippen LogP contribution in [-0.2, 0) is 7.05 Å². The Kier molecular flexibility index (Phi) is 4.42. The number of hydrogen-bond acceptors (Lipinski definition) is 4. The highest BCUT2D eigenvalue weighted by molar-refractivity contribution is 5.74. The van der Waals surface area contributed by atoms with Gasteiger partial charge in [0.05, 0.1) is 5.69 Å². The number of aryl methyl sites for hydroxylation is 1. The van der Waals surface area contributed by atoms with Crippen LogP contribution in [0.15, 0.2) is 35.5 Å². The monoisotopic (exact) mass is 294 g/mol. The molecule has 0 saturated carbocycles. The maximum absolute atomic E-state index is 12.2. The summed E-state index contributed by atoms with van der Waals surface area (Å²) in [5.74, 6) is 0. The van der Waals surface area contributed by atoms with Gasteiger partial charge in [0.1, 0.15) is 11.6 Å². The molecule has 0 atom stereocenters. The predicted molar refractivity (Wildman–Crippen MR) is 87.1 cm³/mol. The molecule has 22 heavy (non-hydrogen) atoms. The predicted octanol–water partition coefficient (Wildman–Crippen LogP) is 2.16. The summed E-state index contributed by atoms with van der Waals surface area (Å²) in [6, 6.07) is 5.58. The highest BCUT2D eigenvalue weighted by Gasteiger charge is 2.12. The quantitative estimate of drug-likeness (QED) is 0.870. The number of nitriles is 1. The van der Waals surface area contributed by atoms with Crippen molar-refractivity contribution in [2.75, 3.05) is 14.1 Å². The minimum atomic E-state index is -0.301. The number of rotatable bonds is 3. The Morgan fingerprint density at radius 2 is 2.05 bits per heavy atom. The number of nitrogens with zero attached hydrogens (tertiary/aromatic N) is 4. The molecule has 112 valence electrons. The van der Waals surface area contributed by atoms with Gasteiger partial charge in [0, 0.05) is 50.9 Å². The van der Waals surface area contributed by atoms with E-state index in [0.717, 1.165) is 22.4 Å². The molecule has 0 aliphatic heterocycles. The average molecular weight is 294 g/mol. The zero-order valence-corrected chi connectivity index (χ0v) is 13.2. The third kappa shape index (κ3) is 3.07. The van der Waals surface area contributed by atoms with Gasteiger partial charge in [0.15, 0.2) is 0 Å². The Morgan fingerprint density at radius 3 is 2.64 bits per heavy atom. The topological polar surface area (TPSA) is 61.9 Å². The van der Waals surface area contributed by atoms with E-state index in [4.69, 9.17) is 0 Å². The summed E-state index contributed by atoms with van der Waals surface area (Å²) in [6.07, 6.45) is 7.24. The zero-order chi connectivity index (χ0) is 16.3. The Labute approximate surface area is 129 Å². The van der Waals surface area contributed by atoms with Crippen molar-refractivity contribution in [1.82, 2.24) is 14.5 Å². The lowest BCUT2D eigenvalue weighted by atomic mass is 10.0. The fourth-order valence-electron chi connectivity index (χ4n) is 2.19. The summed E-state index contributed by atoms with van der Waals surface area (Å²) < 4.78 is 1.50. The van der Waals surface area contributed by atoms with Crippen molar-refractivity contribution in [2.45, 2.75) is 6.92 Å². The molecule has 2 rings (SSSR count). The van der Waals surface area contributed by atoms with Crippen molar-refractivity contribution in [3.05, 3.63) is 57.9 Å². The van der Waals surface area contributed by atoms with Crippen LogP contribution in [0.4, 0.5) is 0 Å². The normalized spacial score (nSPS) is 10.7. The van der Waals surface area contributed by atoms with Gasteiger partial charge < -0.3 is 9.47 Å². The second kappa shape index (κ2) is 6.27. The summed E-state index contributed by atoms with van der Waals surface area (Å²) in [5, 5.41) is 9.17. The summed E-state index contributed by atoms with van der Waals surface area (Å²) in [6.45, 7) is 1.96. The molecular weight excluding hydrogens is 276 g/mol. The first kappa shape index (κ1) is 15.5. The van der Waals surface area contributed by atoms with Gasteiger partial charge in [-0.25, -0.2) is 0 Å². The van der Waals surface area contributed by atoms with E-state index in [1.165, 1.54) is 4.57 Å². The molecule has 5 nitrogen and oxygen atoms in total. The molecule has 0 unspecified atom stereocenters. The van der Waals surface area contributed by atoms with Crippen LogP contribution in [0.2, 0.25) is 0 Å². The second-order valence-electron chi connectivity index (χ2n) is 5.36. The summed E-state index contributed by atoms with van der Waals surface area (Å²) in [5.41, 5.74) is 3.28. The molecule has 5 heteroatoms. The molecule has 2 aromatic rings. The van der Waals surface area contributed by atoms with E-state index in [2.05, 4.69) is 4.98 Å². The van der Waals surface area contributed by atoms with E-state index in [9.17, 15) is 10.1 Å². The molecule has 2 aromatic heterocycles. The Bertz CT molecular complexity index is 826. The number of aromatic nitrogens is 2. The maximum Gasteiger partial charge on any atom is 0.268 e. The van der Waals surface area contributed by atoms with Crippen LogP contribution < -0.4 is 5.56 Å². The van der Waals surface area contributed by atoms with Crippen LogP contribution >= 0.6 is 0 Å². The van der Waals surface area contributed by atoms with Gasteiger partial charge in [-0.05, 0) is 30.7 Å². The van der Waals surface area contributed by atoms with Crippen LogP contribution in [0.1, 0.15) is 16.8 Å². The molecule has 0 radical (unpaired) electrons. The van der Waals surface area contributed by atoms with Crippen molar-refractivity contribution in [3.8, 4) is 17.2 Å². The van der Waals surface area contributed by atoms with Crippen molar-refractivity contribution in [2.24, 2.45) is 7.05 Å². The third-order valence-electron chi connectivity index (χ3n) is 3.30. The van der Waals surface area contributed by atoms with Gasteiger partial charge in [0.2, 0.25) is 0 Å². The average Bonchev–Trinajstić information content (AvgIpc) is 2.48. The van der Waals surface area contributed by atoms with E-state index in [-0.39, 0.29) is 11.1 Å². The zero-order valence-electron chi connectivity index (χ0n) is 13.2. The molecule has 0 N–H and O–H groups in total. The first-order chi connectivity index (χ1) is 10.4. The molecule has 2 heterocycles. The van der Waals surface area contributed by atoms with Crippen LogP contribution in [0, 0.1) is 18.3 Å². The van der Waals surface area contributed by atoms with Gasteiger partial charge in [-0.15, -0.1) is 0 Å². The van der Waals surface area contributed by atoms with E-state index in [0.29, 0.717) is 0 Å².